The van der Waals surface area contributed by atoms with Crippen molar-refractivity contribution >= 4 is 17.9 Å². The van der Waals surface area contributed by atoms with Gasteiger partial charge in [-0.15, -0.1) is 0 Å². The van der Waals surface area contributed by atoms with E-state index in [-0.39, 0.29) is 0 Å². The zero-order valence-corrected chi connectivity index (χ0v) is 16.4. The molecule has 0 radical (unpaired) electrons. The Bertz CT molecular complexity index is 817. The molecule has 148 valence electrons. The Hall–Kier alpha value is -3.28. The predicted octanol–water partition coefficient (Wildman–Crippen LogP) is 3.59. The monoisotopic (exact) mass is 382 g/mol. The van der Waals surface area contributed by atoms with Crippen molar-refractivity contribution in [3.05, 3.63) is 65.7 Å². The van der Waals surface area contributed by atoms with Crippen LogP contribution in [-0.2, 0) is 4.79 Å². The molecule has 0 bridgehead atoms. The van der Waals surface area contributed by atoms with Crippen molar-refractivity contribution in [3.8, 4) is 11.5 Å². The van der Waals surface area contributed by atoms with Crippen LogP contribution < -0.4 is 20.3 Å². The Labute approximate surface area is 165 Å². The van der Waals surface area contributed by atoms with Crippen molar-refractivity contribution < 1.29 is 19.1 Å². The van der Waals surface area contributed by atoms with Gasteiger partial charge in [-0.05, 0) is 42.2 Å². The van der Waals surface area contributed by atoms with Gasteiger partial charge in [0.15, 0.2) is 11.5 Å². The first-order chi connectivity index (χ1) is 13.5. The molecular formula is C22H26N2O4. The number of benzene rings is 2. The molecule has 28 heavy (non-hydrogen) atoms. The van der Waals surface area contributed by atoms with Gasteiger partial charge in [-0.1, -0.05) is 44.2 Å². The largest absolute Gasteiger partial charge is 0.493 e. The summed E-state index contributed by atoms with van der Waals surface area (Å²) in [5, 5.41) is 0. The highest BCUT2D eigenvalue weighted by Crippen LogP contribution is 2.28. The lowest BCUT2D eigenvalue weighted by atomic mass is 10.1. The molecule has 0 unspecified atom stereocenters. The maximum atomic E-state index is 12.3. The Morgan fingerprint density at radius 2 is 1.79 bits per heavy atom. The van der Waals surface area contributed by atoms with Crippen LogP contribution >= 0.6 is 0 Å². The second-order valence-corrected chi connectivity index (χ2v) is 6.58. The van der Waals surface area contributed by atoms with Crippen LogP contribution in [0.1, 0.15) is 36.2 Å². The lowest BCUT2D eigenvalue weighted by molar-refractivity contribution is -0.117. The van der Waals surface area contributed by atoms with E-state index in [0.29, 0.717) is 29.6 Å². The average molecular weight is 382 g/mol. The minimum absolute atomic E-state index is 0.348. The lowest BCUT2D eigenvalue weighted by Crippen LogP contribution is -2.40. The van der Waals surface area contributed by atoms with E-state index < -0.39 is 11.8 Å². The fourth-order valence-electron chi connectivity index (χ4n) is 2.30. The van der Waals surface area contributed by atoms with E-state index in [4.69, 9.17) is 9.47 Å². The highest BCUT2D eigenvalue weighted by molar-refractivity contribution is 5.98. The maximum absolute atomic E-state index is 12.3. The molecule has 0 atom stereocenters. The first kappa shape index (κ1) is 21.0. The van der Waals surface area contributed by atoms with Crippen LogP contribution in [0.25, 0.3) is 6.08 Å². The number of carbonyl (C=O) groups excluding carboxylic acids is 2. The molecule has 0 aliphatic carbocycles. The summed E-state index contributed by atoms with van der Waals surface area (Å²) in [6.07, 6.45) is 3.93. The summed E-state index contributed by atoms with van der Waals surface area (Å²) >= 11 is 0. The van der Waals surface area contributed by atoms with Crippen LogP contribution in [0.5, 0.6) is 11.5 Å². The van der Waals surface area contributed by atoms with Crippen LogP contribution in [0.15, 0.2) is 54.6 Å². The molecule has 0 saturated heterocycles. The Balaban J connectivity index is 1.90. The van der Waals surface area contributed by atoms with Crippen LogP contribution in [0, 0.1) is 5.92 Å². The molecule has 0 aliphatic heterocycles. The molecule has 0 saturated carbocycles. The smallest absolute Gasteiger partial charge is 0.269 e. The third kappa shape index (κ3) is 6.79. The first-order valence-electron chi connectivity index (χ1n) is 9.14. The molecule has 2 N–H and O–H groups in total. The highest BCUT2D eigenvalue weighted by atomic mass is 16.5. The number of carbonyl (C=O) groups is 2. The number of nitrogens with one attached hydrogen (secondary N) is 2. The van der Waals surface area contributed by atoms with Gasteiger partial charge in [0.2, 0.25) is 0 Å². The van der Waals surface area contributed by atoms with E-state index >= 15 is 0 Å². The van der Waals surface area contributed by atoms with Crippen LogP contribution in [-0.4, -0.2) is 25.5 Å². The minimum atomic E-state index is -0.450. The number of ether oxygens (including phenoxy) is 2. The van der Waals surface area contributed by atoms with Crippen molar-refractivity contribution in [3.63, 3.8) is 0 Å². The molecule has 0 aromatic heterocycles. The van der Waals surface area contributed by atoms with Gasteiger partial charge in [-0.25, -0.2) is 0 Å². The van der Waals surface area contributed by atoms with E-state index in [9.17, 15) is 9.59 Å². The quantitative estimate of drug-likeness (QED) is 0.540. The van der Waals surface area contributed by atoms with Crippen LogP contribution in [0.4, 0.5) is 0 Å². The predicted molar refractivity (Wildman–Crippen MR) is 109 cm³/mol. The molecular weight excluding hydrogens is 356 g/mol. The summed E-state index contributed by atoms with van der Waals surface area (Å²) in [6.45, 7) is 4.82. The number of rotatable bonds is 8. The summed E-state index contributed by atoms with van der Waals surface area (Å²) in [4.78, 5) is 24.1. The zero-order valence-electron chi connectivity index (χ0n) is 16.4. The van der Waals surface area contributed by atoms with Crippen LogP contribution in [0.2, 0.25) is 0 Å². The zero-order chi connectivity index (χ0) is 20.4. The van der Waals surface area contributed by atoms with Crippen molar-refractivity contribution in [1.82, 2.24) is 10.9 Å². The van der Waals surface area contributed by atoms with Crippen LogP contribution in [0.3, 0.4) is 0 Å². The Morgan fingerprint density at radius 1 is 1.04 bits per heavy atom. The number of hydrogen-bond donors (Lipinski definition) is 2. The minimum Gasteiger partial charge on any atom is -0.493 e. The number of hydrogen-bond acceptors (Lipinski definition) is 4. The van der Waals surface area contributed by atoms with Gasteiger partial charge >= 0.3 is 0 Å². The van der Waals surface area contributed by atoms with Crippen molar-refractivity contribution in [2.75, 3.05) is 13.7 Å². The molecule has 6 heteroatoms. The summed E-state index contributed by atoms with van der Waals surface area (Å²) in [6, 6.07) is 14.3. The molecule has 2 amide bonds. The number of hydrazine groups is 1. The number of methoxy groups -OCH3 is 1. The maximum Gasteiger partial charge on any atom is 0.269 e. The van der Waals surface area contributed by atoms with Gasteiger partial charge in [-0.3, -0.25) is 20.4 Å². The lowest BCUT2D eigenvalue weighted by Gasteiger charge is -2.13. The third-order valence-electron chi connectivity index (χ3n) is 3.90. The molecule has 2 aromatic rings. The summed E-state index contributed by atoms with van der Waals surface area (Å²) in [5.74, 6) is 0.697. The summed E-state index contributed by atoms with van der Waals surface area (Å²) in [7, 11) is 1.52. The van der Waals surface area contributed by atoms with Crippen molar-refractivity contribution in [1.29, 1.82) is 0 Å². The van der Waals surface area contributed by atoms with Gasteiger partial charge in [0.1, 0.15) is 0 Å². The van der Waals surface area contributed by atoms with E-state index in [0.717, 1.165) is 12.0 Å². The second kappa shape index (κ2) is 10.8. The fraction of sp³-hybridized carbons (Fsp3) is 0.273. The average Bonchev–Trinajstić information content (AvgIpc) is 2.71. The topological polar surface area (TPSA) is 76.7 Å². The van der Waals surface area contributed by atoms with Gasteiger partial charge in [0.25, 0.3) is 11.8 Å². The molecule has 2 rings (SSSR count). The highest BCUT2D eigenvalue weighted by Gasteiger charge is 2.12. The first-order valence-corrected chi connectivity index (χ1v) is 9.14. The van der Waals surface area contributed by atoms with Gasteiger partial charge in [-0.2, -0.15) is 0 Å². The Morgan fingerprint density at radius 3 is 2.46 bits per heavy atom. The van der Waals surface area contributed by atoms with Crippen molar-refractivity contribution in [2.45, 2.75) is 20.3 Å². The van der Waals surface area contributed by atoms with E-state index in [2.05, 4.69) is 24.7 Å². The van der Waals surface area contributed by atoms with E-state index in [1.165, 1.54) is 13.2 Å². The SMILES string of the molecule is COc1cc(C(=O)NNC(=O)/C=C/c2ccccc2)ccc1OCCC(C)C. The van der Waals surface area contributed by atoms with Gasteiger partial charge in [0.05, 0.1) is 13.7 Å². The molecule has 0 spiro atoms. The van der Waals surface area contributed by atoms with Gasteiger partial charge < -0.3 is 9.47 Å². The molecule has 0 fully saturated rings. The molecule has 0 heterocycles. The third-order valence-corrected chi connectivity index (χ3v) is 3.90. The summed E-state index contributed by atoms with van der Waals surface area (Å²) < 4.78 is 11.0. The number of amides is 2. The molecule has 2 aromatic carbocycles. The van der Waals surface area contributed by atoms with Gasteiger partial charge in [0, 0.05) is 11.6 Å². The van der Waals surface area contributed by atoms with Crippen molar-refractivity contribution in [2.24, 2.45) is 5.92 Å². The molecule has 0 aliphatic rings. The normalized spacial score (nSPS) is 10.7. The fourth-order valence-corrected chi connectivity index (χ4v) is 2.30. The standard InChI is InChI=1S/C22H26N2O4/c1-16(2)13-14-28-19-11-10-18(15-20(19)27-3)22(26)24-23-21(25)12-9-17-7-5-4-6-8-17/h4-12,15-16H,13-14H2,1-3H3,(H,23,25)(H,24,26)/b12-9+. The Kier molecular flexibility index (Phi) is 8.09. The second-order valence-electron chi connectivity index (χ2n) is 6.58. The van der Waals surface area contributed by atoms with E-state index in [1.54, 1.807) is 24.3 Å². The summed E-state index contributed by atoms with van der Waals surface area (Å²) in [5.41, 5.74) is 5.97. The molecule has 6 nitrogen and oxygen atoms in total. The van der Waals surface area contributed by atoms with E-state index in [1.807, 2.05) is 30.3 Å².